The fourth-order valence-electron chi connectivity index (χ4n) is 2.15. The number of furan rings is 1. The minimum absolute atomic E-state index is 0.473. The topological polar surface area (TPSA) is 46.3 Å². The zero-order valence-corrected chi connectivity index (χ0v) is 9.78. The van der Waals surface area contributed by atoms with Crippen molar-refractivity contribution in [3.05, 3.63) is 66.2 Å². The first-order valence-electron chi connectivity index (χ1n) is 5.89. The monoisotopic (exact) mass is 239 g/mol. The van der Waals surface area contributed by atoms with Gasteiger partial charge in [-0.3, -0.25) is 4.98 Å². The van der Waals surface area contributed by atoms with Crippen molar-refractivity contribution < 1.29 is 9.52 Å². The SMILES string of the molecule is OC(Cc1ccco1)c1cccc2ncccc12. The van der Waals surface area contributed by atoms with E-state index in [2.05, 4.69) is 4.98 Å². The smallest absolute Gasteiger partial charge is 0.106 e. The van der Waals surface area contributed by atoms with E-state index in [4.69, 9.17) is 4.42 Å². The van der Waals surface area contributed by atoms with Crippen LogP contribution in [0.3, 0.4) is 0 Å². The van der Waals surface area contributed by atoms with E-state index in [-0.39, 0.29) is 0 Å². The van der Waals surface area contributed by atoms with Gasteiger partial charge in [0, 0.05) is 18.0 Å². The van der Waals surface area contributed by atoms with Crippen molar-refractivity contribution in [1.29, 1.82) is 0 Å². The van der Waals surface area contributed by atoms with Crippen LogP contribution >= 0.6 is 0 Å². The first-order chi connectivity index (χ1) is 8.84. The molecule has 18 heavy (non-hydrogen) atoms. The van der Waals surface area contributed by atoms with Gasteiger partial charge >= 0.3 is 0 Å². The van der Waals surface area contributed by atoms with Crippen LogP contribution in [0.5, 0.6) is 0 Å². The van der Waals surface area contributed by atoms with Crippen LogP contribution in [0.15, 0.2) is 59.3 Å². The lowest BCUT2D eigenvalue weighted by molar-refractivity contribution is 0.172. The minimum Gasteiger partial charge on any atom is -0.469 e. The molecule has 0 aliphatic heterocycles. The van der Waals surface area contributed by atoms with Crippen molar-refractivity contribution in [2.24, 2.45) is 0 Å². The Hall–Kier alpha value is -2.13. The Bertz CT molecular complexity index is 641. The Morgan fingerprint density at radius 1 is 1.11 bits per heavy atom. The second-order valence-electron chi connectivity index (χ2n) is 4.22. The van der Waals surface area contributed by atoms with Crippen LogP contribution in [0.2, 0.25) is 0 Å². The predicted octanol–water partition coefficient (Wildman–Crippen LogP) is 3.10. The molecule has 0 radical (unpaired) electrons. The van der Waals surface area contributed by atoms with Gasteiger partial charge in [0.1, 0.15) is 5.76 Å². The van der Waals surface area contributed by atoms with Crippen molar-refractivity contribution >= 4 is 10.9 Å². The quantitative estimate of drug-likeness (QED) is 0.763. The number of hydrogen-bond donors (Lipinski definition) is 1. The summed E-state index contributed by atoms with van der Waals surface area (Å²) in [6, 6.07) is 13.3. The summed E-state index contributed by atoms with van der Waals surface area (Å²) in [5.74, 6) is 0.781. The summed E-state index contributed by atoms with van der Waals surface area (Å²) in [6.45, 7) is 0. The Morgan fingerprint density at radius 3 is 2.89 bits per heavy atom. The average Bonchev–Trinajstić information content (AvgIpc) is 2.91. The molecule has 1 N–H and O–H groups in total. The van der Waals surface area contributed by atoms with Crippen LogP contribution in [-0.2, 0) is 6.42 Å². The van der Waals surface area contributed by atoms with Gasteiger partial charge in [-0.15, -0.1) is 0 Å². The number of aliphatic hydroxyl groups is 1. The van der Waals surface area contributed by atoms with Crippen molar-refractivity contribution in [2.75, 3.05) is 0 Å². The number of fused-ring (bicyclic) bond motifs is 1. The number of benzene rings is 1. The van der Waals surface area contributed by atoms with Crippen molar-refractivity contribution in [3.8, 4) is 0 Å². The maximum atomic E-state index is 10.3. The molecule has 3 aromatic rings. The maximum Gasteiger partial charge on any atom is 0.106 e. The zero-order valence-electron chi connectivity index (χ0n) is 9.78. The highest BCUT2D eigenvalue weighted by Crippen LogP contribution is 2.25. The molecule has 0 saturated heterocycles. The lowest BCUT2D eigenvalue weighted by Crippen LogP contribution is -2.02. The molecule has 3 nitrogen and oxygen atoms in total. The molecule has 0 aliphatic rings. The fourth-order valence-corrected chi connectivity index (χ4v) is 2.15. The Balaban J connectivity index is 1.98. The van der Waals surface area contributed by atoms with Gasteiger partial charge in [0.25, 0.3) is 0 Å². The van der Waals surface area contributed by atoms with Gasteiger partial charge in [0.05, 0.1) is 17.9 Å². The molecule has 2 aromatic heterocycles. The number of aliphatic hydroxyl groups excluding tert-OH is 1. The molecule has 0 amide bonds. The van der Waals surface area contributed by atoms with Crippen LogP contribution in [0.4, 0.5) is 0 Å². The zero-order chi connectivity index (χ0) is 12.4. The molecule has 0 fully saturated rings. The number of rotatable bonds is 3. The molecule has 0 aliphatic carbocycles. The molecule has 2 heterocycles. The Kier molecular flexibility index (Phi) is 2.82. The number of aromatic nitrogens is 1. The van der Waals surface area contributed by atoms with Crippen LogP contribution in [0.1, 0.15) is 17.4 Å². The van der Waals surface area contributed by atoms with E-state index < -0.39 is 6.10 Å². The molecule has 0 saturated carbocycles. The minimum atomic E-state index is -0.580. The Labute approximate surface area is 105 Å². The summed E-state index contributed by atoms with van der Waals surface area (Å²) in [6.07, 6.45) is 3.27. The summed E-state index contributed by atoms with van der Waals surface area (Å²) in [7, 11) is 0. The van der Waals surface area contributed by atoms with E-state index in [0.29, 0.717) is 6.42 Å². The second kappa shape index (κ2) is 4.63. The molecule has 0 spiro atoms. The molecule has 1 atom stereocenters. The lowest BCUT2D eigenvalue weighted by atomic mass is 10.0. The number of hydrogen-bond acceptors (Lipinski definition) is 3. The molecule has 90 valence electrons. The first kappa shape index (κ1) is 11.0. The van der Waals surface area contributed by atoms with Crippen LogP contribution in [-0.4, -0.2) is 10.1 Å². The summed E-state index contributed by atoms with van der Waals surface area (Å²) < 4.78 is 5.26. The first-order valence-corrected chi connectivity index (χ1v) is 5.89. The summed E-state index contributed by atoms with van der Waals surface area (Å²) in [4.78, 5) is 4.29. The van der Waals surface area contributed by atoms with Gasteiger partial charge < -0.3 is 9.52 Å². The normalized spacial score (nSPS) is 12.7. The van der Waals surface area contributed by atoms with Gasteiger partial charge in [-0.05, 0) is 29.8 Å². The fraction of sp³-hybridized carbons (Fsp3) is 0.133. The highest BCUT2D eigenvalue weighted by molar-refractivity contribution is 5.82. The van der Waals surface area contributed by atoms with Crippen molar-refractivity contribution in [3.63, 3.8) is 0 Å². The predicted molar refractivity (Wildman–Crippen MR) is 69.1 cm³/mol. The third kappa shape index (κ3) is 2.00. The molecule has 3 rings (SSSR count). The molecule has 1 unspecified atom stereocenters. The van der Waals surface area contributed by atoms with E-state index in [9.17, 15) is 5.11 Å². The van der Waals surface area contributed by atoms with Crippen LogP contribution in [0, 0.1) is 0 Å². The molecule has 1 aromatic carbocycles. The van der Waals surface area contributed by atoms with Crippen molar-refractivity contribution in [2.45, 2.75) is 12.5 Å². The van der Waals surface area contributed by atoms with Gasteiger partial charge in [-0.2, -0.15) is 0 Å². The Morgan fingerprint density at radius 2 is 2.06 bits per heavy atom. The third-order valence-corrected chi connectivity index (χ3v) is 3.01. The summed E-state index contributed by atoms with van der Waals surface area (Å²) >= 11 is 0. The second-order valence-corrected chi connectivity index (χ2v) is 4.22. The van der Waals surface area contributed by atoms with E-state index in [1.165, 1.54) is 0 Å². The van der Waals surface area contributed by atoms with Gasteiger partial charge in [-0.1, -0.05) is 18.2 Å². The standard InChI is InChI=1S/C15H13NO2/c17-15(10-11-4-3-9-18-11)13-5-1-7-14-12(13)6-2-8-16-14/h1-9,15,17H,10H2. The van der Waals surface area contributed by atoms with Gasteiger partial charge in [-0.25, -0.2) is 0 Å². The average molecular weight is 239 g/mol. The van der Waals surface area contributed by atoms with E-state index in [1.54, 1.807) is 12.5 Å². The largest absolute Gasteiger partial charge is 0.469 e. The van der Waals surface area contributed by atoms with E-state index >= 15 is 0 Å². The third-order valence-electron chi connectivity index (χ3n) is 3.01. The highest BCUT2D eigenvalue weighted by Gasteiger charge is 2.13. The van der Waals surface area contributed by atoms with E-state index in [0.717, 1.165) is 22.2 Å². The van der Waals surface area contributed by atoms with Gasteiger partial charge in [0.2, 0.25) is 0 Å². The van der Waals surface area contributed by atoms with Gasteiger partial charge in [0.15, 0.2) is 0 Å². The van der Waals surface area contributed by atoms with Crippen LogP contribution in [0.25, 0.3) is 10.9 Å². The lowest BCUT2D eigenvalue weighted by Gasteiger charge is -2.12. The summed E-state index contributed by atoms with van der Waals surface area (Å²) in [5, 5.41) is 11.3. The van der Waals surface area contributed by atoms with Crippen LogP contribution < -0.4 is 0 Å². The summed E-state index contributed by atoms with van der Waals surface area (Å²) in [5.41, 5.74) is 1.78. The van der Waals surface area contributed by atoms with Crippen molar-refractivity contribution in [1.82, 2.24) is 4.98 Å². The number of nitrogens with zero attached hydrogens (tertiary/aromatic N) is 1. The highest BCUT2D eigenvalue weighted by atomic mass is 16.3. The molecule has 3 heteroatoms. The molecular formula is C15H13NO2. The number of pyridine rings is 1. The maximum absolute atomic E-state index is 10.3. The molecular weight excluding hydrogens is 226 g/mol. The molecule has 0 bridgehead atoms. The van der Waals surface area contributed by atoms with E-state index in [1.807, 2.05) is 42.5 Å².